The molecule has 0 aliphatic rings. The molecule has 0 fully saturated rings. The second-order valence-corrected chi connectivity index (χ2v) is 3.53. The molecule has 0 amide bonds. The lowest BCUT2D eigenvalue weighted by molar-refractivity contribution is -0.386. The SMILES string of the molecule is Cc1cc(-c2ccc([N+](=O)[O-])c(=O)[nH]2)ccn1. The van der Waals surface area contributed by atoms with Crippen molar-refractivity contribution in [1.29, 1.82) is 0 Å². The summed E-state index contributed by atoms with van der Waals surface area (Å²) in [6.45, 7) is 1.83. The molecule has 2 rings (SSSR count). The van der Waals surface area contributed by atoms with Crippen LogP contribution >= 0.6 is 0 Å². The van der Waals surface area contributed by atoms with Gasteiger partial charge in [0.2, 0.25) is 0 Å². The molecule has 6 heteroatoms. The predicted molar refractivity (Wildman–Crippen MR) is 61.7 cm³/mol. The normalized spacial score (nSPS) is 10.2. The molecule has 0 saturated carbocycles. The van der Waals surface area contributed by atoms with E-state index in [2.05, 4.69) is 9.97 Å². The molecular weight excluding hydrogens is 222 g/mol. The maximum absolute atomic E-state index is 11.4. The summed E-state index contributed by atoms with van der Waals surface area (Å²) in [5.74, 6) is 0. The van der Waals surface area contributed by atoms with E-state index >= 15 is 0 Å². The number of hydrogen-bond donors (Lipinski definition) is 1. The molecule has 2 aromatic rings. The minimum Gasteiger partial charge on any atom is -0.316 e. The van der Waals surface area contributed by atoms with Crippen LogP contribution in [0.25, 0.3) is 11.3 Å². The summed E-state index contributed by atoms with van der Waals surface area (Å²) < 4.78 is 0. The van der Waals surface area contributed by atoms with Crippen LogP contribution in [0.15, 0.2) is 35.3 Å². The van der Waals surface area contributed by atoms with Crippen LogP contribution in [0.3, 0.4) is 0 Å². The summed E-state index contributed by atoms with van der Waals surface area (Å²) >= 11 is 0. The van der Waals surface area contributed by atoms with Crippen molar-refractivity contribution in [2.45, 2.75) is 6.92 Å². The van der Waals surface area contributed by atoms with Gasteiger partial charge in [-0.05, 0) is 25.1 Å². The Morgan fingerprint density at radius 2 is 2.12 bits per heavy atom. The first-order valence-corrected chi connectivity index (χ1v) is 4.88. The summed E-state index contributed by atoms with van der Waals surface area (Å²) in [6, 6.07) is 6.22. The van der Waals surface area contributed by atoms with E-state index < -0.39 is 16.2 Å². The van der Waals surface area contributed by atoms with Crippen molar-refractivity contribution in [3.05, 3.63) is 56.6 Å². The molecule has 0 radical (unpaired) electrons. The Morgan fingerprint density at radius 1 is 1.35 bits per heavy atom. The number of aromatic nitrogens is 2. The summed E-state index contributed by atoms with van der Waals surface area (Å²) in [7, 11) is 0. The molecule has 86 valence electrons. The Kier molecular flexibility index (Phi) is 2.70. The highest BCUT2D eigenvalue weighted by atomic mass is 16.6. The molecule has 0 bridgehead atoms. The van der Waals surface area contributed by atoms with Crippen molar-refractivity contribution >= 4 is 5.69 Å². The fourth-order valence-electron chi connectivity index (χ4n) is 1.49. The van der Waals surface area contributed by atoms with Crippen LogP contribution in [0.2, 0.25) is 0 Å². The standard InChI is InChI=1S/C11H9N3O3/c1-7-6-8(4-5-12-7)9-2-3-10(14(16)17)11(15)13-9/h2-6H,1H3,(H,13,15). The number of nitrogens with one attached hydrogen (secondary N) is 1. The Hall–Kier alpha value is -2.50. The Labute approximate surface area is 96.1 Å². The Bertz CT molecular complexity index is 634. The average molecular weight is 231 g/mol. The van der Waals surface area contributed by atoms with Gasteiger partial charge < -0.3 is 4.98 Å². The van der Waals surface area contributed by atoms with E-state index in [0.717, 1.165) is 11.3 Å². The number of aromatic amines is 1. The van der Waals surface area contributed by atoms with Crippen LogP contribution in [-0.2, 0) is 0 Å². The lowest BCUT2D eigenvalue weighted by Gasteiger charge is -2.01. The monoisotopic (exact) mass is 231 g/mol. The zero-order chi connectivity index (χ0) is 12.4. The summed E-state index contributed by atoms with van der Waals surface area (Å²) in [6.07, 6.45) is 1.62. The van der Waals surface area contributed by atoms with Crippen molar-refractivity contribution in [3.63, 3.8) is 0 Å². The van der Waals surface area contributed by atoms with Crippen LogP contribution in [0.4, 0.5) is 5.69 Å². The Morgan fingerprint density at radius 3 is 2.71 bits per heavy atom. The molecule has 0 aliphatic carbocycles. The second-order valence-electron chi connectivity index (χ2n) is 3.53. The lowest BCUT2D eigenvalue weighted by Crippen LogP contribution is -2.11. The number of nitro groups is 1. The smallest absolute Gasteiger partial charge is 0.316 e. The minimum absolute atomic E-state index is 0.459. The average Bonchev–Trinajstić information content (AvgIpc) is 2.28. The molecule has 2 heterocycles. The van der Waals surface area contributed by atoms with Crippen LogP contribution in [0.1, 0.15) is 5.69 Å². The van der Waals surface area contributed by atoms with Gasteiger partial charge in [-0.15, -0.1) is 0 Å². The highest BCUT2D eigenvalue weighted by Crippen LogP contribution is 2.16. The number of H-pyrrole nitrogens is 1. The molecule has 17 heavy (non-hydrogen) atoms. The van der Waals surface area contributed by atoms with Gasteiger partial charge in [0, 0.05) is 29.2 Å². The fourth-order valence-corrected chi connectivity index (χ4v) is 1.49. The fraction of sp³-hybridized carbons (Fsp3) is 0.0909. The molecular formula is C11H9N3O3. The predicted octanol–water partition coefficient (Wildman–Crippen LogP) is 1.65. The summed E-state index contributed by atoms with van der Waals surface area (Å²) in [5.41, 5.74) is 0.943. The number of hydrogen-bond acceptors (Lipinski definition) is 4. The van der Waals surface area contributed by atoms with E-state index in [1.54, 1.807) is 18.3 Å². The van der Waals surface area contributed by atoms with Gasteiger partial charge in [0.05, 0.1) is 4.92 Å². The van der Waals surface area contributed by atoms with Crippen molar-refractivity contribution in [2.75, 3.05) is 0 Å². The first-order valence-electron chi connectivity index (χ1n) is 4.88. The maximum Gasteiger partial charge on any atom is 0.333 e. The third-order valence-corrected chi connectivity index (χ3v) is 2.29. The van der Waals surface area contributed by atoms with Crippen LogP contribution in [0, 0.1) is 17.0 Å². The maximum atomic E-state index is 11.4. The third-order valence-electron chi connectivity index (χ3n) is 2.29. The van der Waals surface area contributed by atoms with Gasteiger partial charge in [-0.25, -0.2) is 0 Å². The number of pyridine rings is 2. The van der Waals surface area contributed by atoms with E-state index in [1.807, 2.05) is 6.92 Å². The van der Waals surface area contributed by atoms with Crippen molar-refractivity contribution in [1.82, 2.24) is 9.97 Å². The quantitative estimate of drug-likeness (QED) is 0.628. The number of nitrogens with zero attached hydrogens (tertiary/aromatic N) is 2. The molecule has 0 unspecified atom stereocenters. The van der Waals surface area contributed by atoms with Gasteiger partial charge in [0.1, 0.15) is 0 Å². The van der Waals surface area contributed by atoms with E-state index in [0.29, 0.717) is 5.69 Å². The van der Waals surface area contributed by atoms with E-state index in [9.17, 15) is 14.9 Å². The molecule has 0 aliphatic heterocycles. The highest BCUT2D eigenvalue weighted by Gasteiger charge is 2.12. The van der Waals surface area contributed by atoms with Gasteiger partial charge in [-0.3, -0.25) is 19.9 Å². The van der Waals surface area contributed by atoms with Gasteiger partial charge in [-0.1, -0.05) is 0 Å². The largest absolute Gasteiger partial charge is 0.333 e. The topological polar surface area (TPSA) is 88.9 Å². The molecule has 0 saturated heterocycles. The van der Waals surface area contributed by atoms with Gasteiger partial charge in [-0.2, -0.15) is 0 Å². The highest BCUT2D eigenvalue weighted by molar-refractivity contribution is 5.59. The zero-order valence-electron chi connectivity index (χ0n) is 9.01. The van der Waals surface area contributed by atoms with Gasteiger partial charge >= 0.3 is 11.2 Å². The van der Waals surface area contributed by atoms with E-state index in [1.165, 1.54) is 12.1 Å². The van der Waals surface area contributed by atoms with Gasteiger partial charge in [0.25, 0.3) is 0 Å². The first-order chi connectivity index (χ1) is 8.08. The number of rotatable bonds is 2. The van der Waals surface area contributed by atoms with Crippen molar-refractivity contribution in [2.24, 2.45) is 0 Å². The third kappa shape index (κ3) is 2.20. The van der Waals surface area contributed by atoms with Crippen LogP contribution in [0.5, 0.6) is 0 Å². The van der Waals surface area contributed by atoms with E-state index in [-0.39, 0.29) is 0 Å². The van der Waals surface area contributed by atoms with Crippen molar-refractivity contribution in [3.8, 4) is 11.3 Å². The minimum atomic E-state index is -0.708. The molecule has 0 atom stereocenters. The van der Waals surface area contributed by atoms with E-state index in [4.69, 9.17) is 0 Å². The number of aryl methyl sites for hydroxylation is 1. The molecule has 0 aromatic carbocycles. The molecule has 0 spiro atoms. The zero-order valence-corrected chi connectivity index (χ0v) is 9.01. The summed E-state index contributed by atoms with van der Waals surface area (Å²) in [5, 5.41) is 10.5. The molecule has 2 aromatic heterocycles. The van der Waals surface area contributed by atoms with Crippen LogP contribution in [-0.4, -0.2) is 14.9 Å². The molecule has 1 N–H and O–H groups in total. The second kappa shape index (κ2) is 4.17. The van der Waals surface area contributed by atoms with Crippen LogP contribution < -0.4 is 5.56 Å². The first kappa shape index (κ1) is 11.0. The Balaban J connectivity index is 2.52. The molecule has 6 nitrogen and oxygen atoms in total. The summed E-state index contributed by atoms with van der Waals surface area (Å²) in [4.78, 5) is 27.7. The lowest BCUT2D eigenvalue weighted by atomic mass is 10.1. The van der Waals surface area contributed by atoms with Gasteiger partial charge in [0.15, 0.2) is 0 Å². The van der Waals surface area contributed by atoms with Crippen molar-refractivity contribution < 1.29 is 4.92 Å².